The van der Waals surface area contributed by atoms with Gasteiger partial charge in [0.1, 0.15) is 5.60 Å². The summed E-state index contributed by atoms with van der Waals surface area (Å²) in [6.07, 6.45) is -1.51. The summed E-state index contributed by atoms with van der Waals surface area (Å²) in [5, 5.41) is 2.51. The van der Waals surface area contributed by atoms with Gasteiger partial charge in [0, 0.05) is 6.54 Å². The van der Waals surface area contributed by atoms with Crippen molar-refractivity contribution in [2.75, 3.05) is 0 Å². The van der Waals surface area contributed by atoms with Crippen molar-refractivity contribution in [1.29, 1.82) is 0 Å². The molecule has 0 radical (unpaired) electrons. The van der Waals surface area contributed by atoms with Crippen LogP contribution in [0.25, 0.3) is 0 Å². The zero-order chi connectivity index (χ0) is 15.4. The first kappa shape index (κ1) is 21.0. The Labute approximate surface area is 165 Å². The minimum absolute atomic E-state index is 0. The molecule has 0 heterocycles. The van der Waals surface area contributed by atoms with Gasteiger partial charge in [-0.3, -0.25) is 0 Å². The first-order chi connectivity index (χ1) is 9.05. The van der Waals surface area contributed by atoms with Crippen molar-refractivity contribution < 1.29 is 73.9 Å². The molecule has 3 nitrogen and oxygen atoms in total. The second kappa shape index (κ2) is 8.57. The number of benzene rings is 1. The Morgan fingerprint density at radius 2 is 1.81 bits per heavy atom. The maximum absolute atomic E-state index is 12.3. The number of ether oxygens (including phenoxy) is 1. The molecular weight excluding hydrogens is 309 g/mol. The minimum atomic E-state index is -4.86. The molecule has 0 fully saturated rings. The van der Waals surface area contributed by atoms with Crippen LogP contribution in [0, 0.1) is 0 Å². The third kappa shape index (κ3) is 10.4. The molecule has 0 atom stereocenters. The first-order valence-electron chi connectivity index (χ1n) is 6.31. The number of halogens is 3. The number of carbonyl (C=O) groups is 1. The Morgan fingerprint density at radius 3 is 2.33 bits per heavy atom. The fourth-order valence-electron chi connectivity index (χ4n) is 1.62. The van der Waals surface area contributed by atoms with Crippen LogP contribution < -0.4 is 56.7 Å². The maximum Gasteiger partial charge on any atom is 1.00 e. The van der Waals surface area contributed by atoms with Crippen LogP contribution in [0.5, 0.6) is 0 Å². The number of rotatable bonds is 4. The van der Waals surface area contributed by atoms with Gasteiger partial charge in [-0.05, 0) is 26.3 Å². The van der Waals surface area contributed by atoms with Gasteiger partial charge in [-0.15, -0.1) is 0 Å². The Bertz CT molecular complexity index is 475. The summed E-state index contributed by atoms with van der Waals surface area (Å²) >= 11 is 0. The summed E-state index contributed by atoms with van der Waals surface area (Å²) in [6.45, 7) is 0.481. The van der Waals surface area contributed by atoms with Gasteiger partial charge < -0.3 is 23.0 Å². The number of alkyl carbamates (subject to hydrolysis) is 1. The van der Waals surface area contributed by atoms with Crippen LogP contribution in [0.2, 0.25) is 0 Å². The number of amides is 1. The quantitative estimate of drug-likeness (QED) is 0.825. The topological polar surface area (TPSA) is 38.3 Å². The first-order valence-corrected chi connectivity index (χ1v) is 6.31. The summed E-state index contributed by atoms with van der Waals surface area (Å²) in [5.41, 5.74) is 0.194. The molecule has 0 spiro atoms. The molecule has 1 rings (SSSR count). The molecule has 0 aliphatic carbocycles. The zero-order valence-electron chi connectivity index (χ0n) is 12.8. The fraction of sp³-hybridized carbons (Fsp3) is 0.462. The molecule has 1 amide bonds. The van der Waals surface area contributed by atoms with Crippen LogP contribution in [0.3, 0.4) is 0 Å². The number of nitrogens with one attached hydrogen (secondary N) is 1. The van der Waals surface area contributed by atoms with Gasteiger partial charge in [0.25, 0.3) is 0 Å². The van der Waals surface area contributed by atoms with Crippen molar-refractivity contribution in [2.24, 2.45) is 0 Å². The molecule has 8 heteroatoms. The van der Waals surface area contributed by atoms with Gasteiger partial charge in [0.05, 0.1) is 0 Å². The van der Waals surface area contributed by atoms with Crippen molar-refractivity contribution in [3.63, 3.8) is 0 Å². The molecule has 112 valence electrons. The van der Waals surface area contributed by atoms with Gasteiger partial charge >= 0.3 is 64.5 Å². The third-order valence-electron chi connectivity index (χ3n) is 2.29. The fourth-order valence-corrected chi connectivity index (χ4v) is 1.62. The Kier molecular flexibility index (Phi) is 8.56. The molecule has 0 aromatic heterocycles. The van der Waals surface area contributed by atoms with E-state index in [1.165, 1.54) is 12.1 Å². The summed E-state index contributed by atoms with van der Waals surface area (Å²) in [7, 11) is 0. The van der Waals surface area contributed by atoms with E-state index in [1.54, 1.807) is 32.9 Å². The van der Waals surface area contributed by atoms with Gasteiger partial charge in [-0.2, -0.15) is 0 Å². The molecule has 0 saturated heterocycles. The van der Waals surface area contributed by atoms with Crippen molar-refractivity contribution >= 4 is 13.1 Å². The van der Waals surface area contributed by atoms with Crippen LogP contribution in [0.4, 0.5) is 17.7 Å². The van der Waals surface area contributed by atoms with Gasteiger partial charge in [0.2, 0.25) is 0 Å². The van der Waals surface area contributed by atoms with Crippen LogP contribution in [0.1, 0.15) is 31.9 Å². The molecule has 0 saturated carbocycles. The Balaban J connectivity index is 0.00000400. The third-order valence-corrected chi connectivity index (χ3v) is 2.29. The van der Waals surface area contributed by atoms with Crippen molar-refractivity contribution in [3.05, 3.63) is 35.4 Å². The number of carbonyl (C=O) groups excluding carboxylic acids is 1. The van der Waals surface area contributed by atoms with Crippen molar-refractivity contribution in [1.82, 2.24) is 5.32 Å². The van der Waals surface area contributed by atoms with Gasteiger partial charge in [-0.1, -0.05) is 36.1 Å². The van der Waals surface area contributed by atoms with E-state index in [-0.39, 0.29) is 63.5 Å². The van der Waals surface area contributed by atoms with Crippen LogP contribution in [-0.2, 0) is 17.6 Å². The second-order valence-electron chi connectivity index (χ2n) is 5.59. The number of hydrogen-bond donors (Lipinski definition) is 1. The van der Waals surface area contributed by atoms with E-state index in [0.29, 0.717) is 5.56 Å². The summed E-state index contributed by atoms with van der Waals surface area (Å²) < 4.78 is 42.1. The van der Waals surface area contributed by atoms with E-state index in [0.717, 1.165) is 0 Å². The molecule has 0 bridgehead atoms. The molecule has 0 aliphatic rings. The predicted octanol–water partition coefficient (Wildman–Crippen LogP) is 0.644. The minimum Gasteiger partial charge on any atom is -0.449 e. The van der Waals surface area contributed by atoms with Crippen LogP contribution >= 0.6 is 0 Å². The Hall–Kier alpha value is -0.0187. The molecule has 0 unspecified atom stereocenters. The second-order valence-corrected chi connectivity index (χ2v) is 5.59. The van der Waals surface area contributed by atoms with E-state index in [9.17, 15) is 17.7 Å². The van der Waals surface area contributed by atoms with E-state index in [2.05, 4.69) is 5.32 Å². The van der Waals surface area contributed by atoms with E-state index in [4.69, 9.17) is 4.74 Å². The standard InChI is InChI=1S/C13H18BF3NO2.K/c1-13(2,3)20-12(19)18-9-11-6-4-5-10(7-11)8-14(15,16)17;/h4-7H,8-9H2,1-3H3,(H,18,19);/q-1;+1. The van der Waals surface area contributed by atoms with Gasteiger partial charge in [-0.25, -0.2) is 4.79 Å². The van der Waals surface area contributed by atoms with E-state index >= 15 is 0 Å². The molecule has 1 aromatic carbocycles. The summed E-state index contributed by atoms with van der Waals surface area (Å²) in [6, 6.07) is 6.06. The number of hydrogen-bond acceptors (Lipinski definition) is 2. The molecular formula is C13H18BF3KNO2. The SMILES string of the molecule is CC(C)(C)OC(=O)NCc1cccc(C[B-](F)(F)F)c1.[K+]. The Morgan fingerprint density at radius 1 is 1.24 bits per heavy atom. The molecule has 1 aromatic rings. The summed E-state index contributed by atoms with van der Waals surface area (Å²) in [5.74, 6) is 0. The van der Waals surface area contributed by atoms with Gasteiger partial charge in [0.15, 0.2) is 0 Å². The maximum atomic E-state index is 12.3. The average molecular weight is 327 g/mol. The normalized spacial score (nSPS) is 11.5. The monoisotopic (exact) mass is 327 g/mol. The van der Waals surface area contributed by atoms with E-state index < -0.39 is 25.0 Å². The van der Waals surface area contributed by atoms with Crippen molar-refractivity contribution in [3.8, 4) is 0 Å². The van der Waals surface area contributed by atoms with E-state index in [1.807, 2.05) is 0 Å². The molecule has 0 aliphatic heterocycles. The summed E-state index contributed by atoms with van der Waals surface area (Å²) in [4.78, 5) is 11.4. The molecule has 21 heavy (non-hydrogen) atoms. The van der Waals surface area contributed by atoms with Crippen molar-refractivity contribution in [2.45, 2.75) is 39.2 Å². The molecule has 1 N–H and O–H groups in total. The average Bonchev–Trinajstić information content (AvgIpc) is 2.22. The smallest absolute Gasteiger partial charge is 0.449 e. The van der Waals surface area contributed by atoms with Crippen LogP contribution in [-0.4, -0.2) is 18.7 Å². The van der Waals surface area contributed by atoms with Crippen LogP contribution in [0.15, 0.2) is 24.3 Å². The predicted molar refractivity (Wildman–Crippen MR) is 72.3 cm³/mol. The largest absolute Gasteiger partial charge is 1.00 e. The zero-order valence-corrected chi connectivity index (χ0v) is 15.9.